The van der Waals surface area contributed by atoms with E-state index in [1.807, 2.05) is 30.3 Å². The van der Waals surface area contributed by atoms with Crippen LogP contribution < -0.4 is 20.3 Å². The van der Waals surface area contributed by atoms with E-state index in [4.69, 9.17) is 9.47 Å². The quantitative estimate of drug-likeness (QED) is 0.323. The second kappa shape index (κ2) is 8.94. The van der Waals surface area contributed by atoms with Gasteiger partial charge in [0.1, 0.15) is 0 Å². The van der Waals surface area contributed by atoms with Crippen LogP contribution in [0.5, 0.6) is 11.5 Å². The molecule has 2 aromatic carbocycles. The number of ether oxygens (including phenoxy) is 2. The molecule has 1 spiro atoms. The van der Waals surface area contributed by atoms with Gasteiger partial charge in [-0.3, -0.25) is 14.2 Å². The third-order valence-corrected chi connectivity index (χ3v) is 6.88. The van der Waals surface area contributed by atoms with Crippen molar-refractivity contribution in [2.75, 3.05) is 11.1 Å². The number of amides is 1. The zero-order valence-corrected chi connectivity index (χ0v) is 19.0. The van der Waals surface area contributed by atoms with Crippen LogP contribution >= 0.6 is 11.8 Å². The van der Waals surface area contributed by atoms with E-state index in [1.54, 1.807) is 18.2 Å². The number of carbonyl (C=O) groups excluding carboxylic acids is 1. The van der Waals surface area contributed by atoms with Gasteiger partial charge < -0.3 is 14.8 Å². The minimum absolute atomic E-state index is 0.111. The number of anilines is 1. The lowest BCUT2D eigenvalue weighted by Crippen LogP contribution is -2.40. The molecule has 33 heavy (non-hydrogen) atoms. The van der Waals surface area contributed by atoms with Crippen LogP contribution in [0.25, 0.3) is 10.9 Å². The number of carbonyl (C=O) groups is 1. The molecule has 3 aromatic rings. The first-order valence-corrected chi connectivity index (χ1v) is 12.1. The summed E-state index contributed by atoms with van der Waals surface area (Å²) in [7, 11) is 0. The first-order valence-electron chi connectivity index (χ1n) is 11.1. The van der Waals surface area contributed by atoms with Crippen LogP contribution in [0.1, 0.15) is 32.1 Å². The van der Waals surface area contributed by atoms with E-state index in [9.17, 15) is 9.59 Å². The van der Waals surface area contributed by atoms with Crippen LogP contribution in [0.2, 0.25) is 0 Å². The van der Waals surface area contributed by atoms with Crippen molar-refractivity contribution >= 4 is 34.3 Å². The summed E-state index contributed by atoms with van der Waals surface area (Å²) in [5.41, 5.74) is 1.11. The molecule has 2 heterocycles. The van der Waals surface area contributed by atoms with E-state index in [0.29, 0.717) is 34.0 Å². The van der Waals surface area contributed by atoms with E-state index < -0.39 is 5.79 Å². The van der Waals surface area contributed by atoms with Crippen LogP contribution in [0.3, 0.4) is 0 Å². The van der Waals surface area contributed by atoms with Gasteiger partial charge in [-0.25, -0.2) is 4.98 Å². The smallest absolute Gasteiger partial charge is 0.262 e. The molecule has 1 saturated carbocycles. The predicted octanol–water partition coefficient (Wildman–Crippen LogP) is 4.74. The Morgan fingerprint density at radius 2 is 1.94 bits per heavy atom. The van der Waals surface area contributed by atoms with Crippen LogP contribution in [0, 0.1) is 0 Å². The highest BCUT2D eigenvalue weighted by molar-refractivity contribution is 7.99. The standard InChI is InChI=1S/C25H25N3O4S/c1-2-14-28-23(30)18-8-4-5-9-19(18)27-24(28)33-16-22(29)26-17-10-11-20-21(15-17)32-25(31-20)12-6-3-7-13-25/h2,4-5,8-11,15H,1,3,6-7,12-14,16H2,(H,26,29). The van der Waals surface area contributed by atoms with Crippen molar-refractivity contribution in [2.45, 2.75) is 49.6 Å². The Kier molecular flexibility index (Phi) is 5.85. The Hall–Kier alpha value is -3.26. The summed E-state index contributed by atoms with van der Waals surface area (Å²) in [5.74, 6) is 0.755. The van der Waals surface area contributed by atoms with Gasteiger partial charge in [-0.05, 0) is 37.1 Å². The second-order valence-electron chi connectivity index (χ2n) is 8.29. The maximum absolute atomic E-state index is 12.8. The summed E-state index contributed by atoms with van der Waals surface area (Å²) in [4.78, 5) is 30.1. The molecule has 1 aliphatic heterocycles. The molecule has 8 heteroatoms. The Bertz CT molecular complexity index is 1280. The Morgan fingerprint density at radius 3 is 2.76 bits per heavy atom. The molecule has 1 aliphatic carbocycles. The largest absolute Gasteiger partial charge is 0.448 e. The van der Waals surface area contributed by atoms with Crippen molar-refractivity contribution < 1.29 is 14.3 Å². The third-order valence-electron chi connectivity index (χ3n) is 5.91. The minimum atomic E-state index is -0.546. The Balaban J connectivity index is 1.28. The molecule has 7 nitrogen and oxygen atoms in total. The van der Waals surface area contributed by atoms with Gasteiger partial charge in [0.25, 0.3) is 11.3 Å². The normalized spacial score (nSPS) is 16.1. The maximum Gasteiger partial charge on any atom is 0.262 e. The average Bonchev–Trinajstić information content (AvgIpc) is 3.16. The molecular weight excluding hydrogens is 438 g/mol. The molecule has 0 atom stereocenters. The molecular formula is C25H25N3O4S. The second-order valence-corrected chi connectivity index (χ2v) is 9.23. The number of aromatic nitrogens is 2. The SMILES string of the molecule is C=CCn1c(SCC(=O)Nc2ccc3c(c2)OC2(CCCCC2)O3)nc2ccccc2c1=O. The lowest BCUT2D eigenvalue weighted by atomic mass is 9.94. The first kappa shape index (κ1) is 21.6. The summed E-state index contributed by atoms with van der Waals surface area (Å²) in [6, 6.07) is 12.7. The lowest BCUT2D eigenvalue weighted by Gasteiger charge is -2.31. The summed E-state index contributed by atoms with van der Waals surface area (Å²) >= 11 is 1.22. The van der Waals surface area contributed by atoms with Crippen molar-refractivity contribution in [3.8, 4) is 11.5 Å². The molecule has 1 fully saturated rings. The number of thioether (sulfide) groups is 1. The van der Waals surface area contributed by atoms with E-state index in [-0.39, 0.29) is 17.2 Å². The number of nitrogens with zero attached hydrogens (tertiary/aromatic N) is 2. The molecule has 0 saturated heterocycles. The molecule has 170 valence electrons. The van der Waals surface area contributed by atoms with E-state index in [2.05, 4.69) is 16.9 Å². The summed E-state index contributed by atoms with van der Waals surface area (Å²) in [6.45, 7) is 4.06. The lowest BCUT2D eigenvalue weighted by molar-refractivity contribution is -0.113. The highest BCUT2D eigenvalue weighted by Crippen LogP contribution is 2.46. The molecule has 0 bridgehead atoms. The van der Waals surface area contributed by atoms with Gasteiger partial charge in [0.15, 0.2) is 16.7 Å². The molecule has 5 rings (SSSR count). The van der Waals surface area contributed by atoms with Crippen LogP contribution in [-0.4, -0.2) is 27.0 Å². The zero-order chi connectivity index (χ0) is 22.8. The van der Waals surface area contributed by atoms with Crippen LogP contribution in [0.4, 0.5) is 5.69 Å². The fourth-order valence-corrected chi connectivity index (χ4v) is 5.15. The van der Waals surface area contributed by atoms with Crippen molar-refractivity contribution in [1.29, 1.82) is 0 Å². The first-order chi connectivity index (χ1) is 16.1. The van der Waals surface area contributed by atoms with E-state index >= 15 is 0 Å². The van der Waals surface area contributed by atoms with Crippen molar-refractivity contribution in [1.82, 2.24) is 9.55 Å². The summed E-state index contributed by atoms with van der Waals surface area (Å²) < 4.78 is 13.8. The molecule has 0 radical (unpaired) electrons. The van der Waals surface area contributed by atoms with Crippen molar-refractivity contribution in [3.63, 3.8) is 0 Å². The topological polar surface area (TPSA) is 82.5 Å². The monoisotopic (exact) mass is 463 g/mol. The molecule has 0 unspecified atom stereocenters. The number of hydrogen-bond acceptors (Lipinski definition) is 6. The summed E-state index contributed by atoms with van der Waals surface area (Å²) in [5, 5.41) is 3.94. The highest BCUT2D eigenvalue weighted by atomic mass is 32.2. The van der Waals surface area contributed by atoms with Gasteiger partial charge >= 0.3 is 0 Å². The highest BCUT2D eigenvalue weighted by Gasteiger charge is 2.42. The Morgan fingerprint density at radius 1 is 1.15 bits per heavy atom. The van der Waals surface area contributed by atoms with Crippen molar-refractivity contribution in [3.05, 3.63) is 65.5 Å². The number of benzene rings is 2. The summed E-state index contributed by atoms with van der Waals surface area (Å²) in [6.07, 6.45) is 6.80. The average molecular weight is 464 g/mol. The van der Waals surface area contributed by atoms with Gasteiger partial charge in [-0.2, -0.15) is 0 Å². The molecule has 1 amide bonds. The number of para-hydroxylation sites is 1. The minimum Gasteiger partial charge on any atom is -0.448 e. The predicted molar refractivity (Wildman–Crippen MR) is 129 cm³/mol. The van der Waals surface area contributed by atoms with Gasteiger partial charge in [-0.15, -0.1) is 6.58 Å². The molecule has 1 N–H and O–H groups in total. The van der Waals surface area contributed by atoms with E-state index in [0.717, 1.165) is 31.4 Å². The number of nitrogens with one attached hydrogen (secondary N) is 1. The number of allylic oxidation sites excluding steroid dienone is 1. The Labute approximate surface area is 195 Å². The van der Waals surface area contributed by atoms with E-state index in [1.165, 1.54) is 22.7 Å². The van der Waals surface area contributed by atoms with Gasteiger partial charge in [0.05, 0.1) is 16.7 Å². The fourth-order valence-electron chi connectivity index (χ4n) is 4.34. The van der Waals surface area contributed by atoms with Gasteiger partial charge in [0, 0.05) is 31.1 Å². The molecule has 2 aliphatic rings. The number of rotatable bonds is 6. The number of fused-ring (bicyclic) bond motifs is 2. The molecule has 1 aromatic heterocycles. The maximum atomic E-state index is 12.8. The third kappa shape index (κ3) is 4.35. The zero-order valence-electron chi connectivity index (χ0n) is 18.2. The number of hydrogen-bond donors (Lipinski definition) is 1. The fraction of sp³-hybridized carbons (Fsp3) is 0.320. The van der Waals surface area contributed by atoms with Gasteiger partial charge in [-0.1, -0.05) is 36.4 Å². The van der Waals surface area contributed by atoms with Crippen LogP contribution in [0.15, 0.2) is 65.1 Å². The van der Waals surface area contributed by atoms with Crippen molar-refractivity contribution in [2.24, 2.45) is 0 Å². The van der Waals surface area contributed by atoms with Crippen LogP contribution in [-0.2, 0) is 11.3 Å². The van der Waals surface area contributed by atoms with Gasteiger partial charge in [0.2, 0.25) is 5.91 Å².